The fourth-order valence-corrected chi connectivity index (χ4v) is 3.64. The second kappa shape index (κ2) is 7.09. The summed E-state index contributed by atoms with van der Waals surface area (Å²) in [4.78, 5) is 26.3. The Labute approximate surface area is 144 Å². The van der Waals surface area contributed by atoms with E-state index in [-0.39, 0.29) is 24.2 Å². The minimum atomic E-state index is -0.366. The Morgan fingerprint density at radius 2 is 2.08 bits per heavy atom. The molecule has 0 radical (unpaired) electrons. The number of benzene rings is 1. The van der Waals surface area contributed by atoms with Crippen molar-refractivity contribution in [2.24, 2.45) is 11.8 Å². The lowest BCUT2D eigenvalue weighted by Crippen LogP contribution is -2.28. The van der Waals surface area contributed by atoms with Crippen molar-refractivity contribution in [2.75, 3.05) is 16.8 Å². The molecule has 1 fully saturated rings. The van der Waals surface area contributed by atoms with Crippen molar-refractivity contribution in [1.82, 2.24) is 10.2 Å². The van der Waals surface area contributed by atoms with Crippen LogP contribution in [0, 0.1) is 11.8 Å². The summed E-state index contributed by atoms with van der Waals surface area (Å²) in [5, 5.41) is 12.3. The minimum Gasteiger partial charge on any atom is -0.312 e. The summed E-state index contributed by atoms with van der Waals surface area (Å²) in [6, 6.07) is 9.42. The van der Waals surface area contributed by atoms with E-state index in [0.29, 0.717) is 17.6 Å². The average Bonchev–Trinajstić information content (AvgIpc) is 3.14. The molecule has 3 rings (SSSR count). The average molecular weight is 344 g/mol. The number of nitrogens with zero attached hydrogens (tertiary/aromatic N) is 3. The summed E-state index contributed by atoms with van der Waals surface area (Å²) in [6.45, 7) is 4.62. The molecule has 0 bridgehead atoms. The minimum absolute atomic E-state index is 0.0286. The maximum atomic E-state index is 12.4. The molecule has 126 valence electrons. The second-order valence-corrected chi connectivity index (χ2v) is 7.39. The van der Waals surface area contributed by atoms with Crippen LogP contribution in [0.25, 0.3) is 0 Å². The number of aromatic nitrogens is 2. The number of amides is 2. The number of hydrogen-bond donors (Lipinski definition) is 1. The molecule has 1 aliphatic rings. The summed E-state index contributed by atoms with van der Waals surface area (Å²) >= 11 is 1.39. The lowest BCUT2D eigenvalue weighted by Gasteiger charge is -2.16. The predicted molar refractivity (Wildman–Crippen MR) is 94.0 cm³/mol. The highest BCUT2D eigenvalue weighted by molar-refractivity contribution is 7.15. The van der Waals surface area contributed by atoms with E-state index in [1.54, 1.807) is 4.90 Å². The largest absolute Gasteiger partial charge is 0.312 e. The van der Waals surface area contributed by atoms with Crippen molar-refractivity contribution in [3.63, 3.8) is 0 Å². The van der Waals surface area contributed by atoms with Gasteiger partial charge in [-0.1, -0.05) is 43.4 Å². The van der Waals surface area contributed by atoms with E-state index in [0.717, 1.165) is 17.1 Å². The summed E-state index contributed by atoms with van der Waals surface area (Å²) in [6.07, 6.45) is 1.07. The molecule has 0 unspecified atom stereocenters. The van der Waals surface area contributed by atoms with E-state index in [2.05, 4.69) is 29.4 Å². The second-order valence-electron chi connectivity index (χ2n) is 6.33. The van der Waals surface area contributed by atoms with Gasteiger partial charge < -0.3 is 10.2 Å². The molecule has 1 atom stereocenters. The molecule has 1 aliphatic heterocycles. The third-order valence-electron chi connectivity index (χ3n) is 3.84. The molecule has 1 aromatic heterocycles. The molecular weight excluding hydrogens is 324 g/mol. The third-order valence-corrected chi connectivity index (χ3v) is 4.70. The number of hydrogen-bond acceptors (Lipinski definition) is 5. The van der Waals surface area contributed by atoms with Crippen LogP contribution in [0.15, 0.2) is 30.3 Å². The summed E-state index contributed by atoms with van der Waals surface area (Å²) in [5.41, 5.74) is 0.827. The van der Waals surface area contributed by atoms with Gasteiger partial charge in [0, 0.05) is 25.1 Å². The standard InChI is InChI=1S/C17H20N4O2S/c1-11(2)8-14-19-20-17(24-14)18-16(23)12-9-15(22)21(10-12)13-6-4-3-5-7-13/h3-7,11-12H,8-10H2,1-2H3,(H,18,20,23)/t12-/m0/s1. The van der Waals surface area contributed by atoms with Gasteiger partial charge in [0.05, 0.1) is 5.92 Å². The van der Waals surface area contributed by atoms with E-state index >= 15 is 0 Å². The van der Waals surface area contributed by atoms with Crippen molar-refractivity contribution in [2.45, 2.75) is 26.7 Å². The van der Waals surface area contributed by atoms with Crippen LogP contribution in [0.2, 0.25) is 0 Å². The highest BCUT2D eigenvalue weighted by Crippen LogP contribution is 2.26. The summed E-state index contributed by atoms with van der Waals surface area (Å²) in [5.74, 6) is -0.0725. The first-order valence-electron chi connectivity index (χ1n) is 8.01. The molecule has 24 heavy (non-hydrogen) atoms. The van der Waals surface area contributed by atoms with Crippen LogP contribution in [0.5, 0.6) is 0 Å². The maximum absolute atomic E-state index is 12.4. The van der Waals surface area contributed by atoms with Crippen LogP contribution in [-0.2, 0) is 16.0 Å². The third kappa shape index (κ3) is 3.79. The Kier molecular flexibility index (Phi) is 4.89. The summed E-state index contributed by atoms with van der Waals surface area (Å²) in [7, 11) is 0. The fraction of sp³-hybridized carbons (Fsp3) is 0.412. The lowest BCUT2D eigenvalue weighted by molar-refractivity contribution is -0.122. The quantitative estimate of drug-likeness (QED) is 0.905. The Morgan fingerprint density at radius 3 is 2.79 bits per heavy atom. The molecule has 1 aromatic carbocycles. The van der Waals surface area contributed by atoms with Crippen LogP contribution in [-0.4, -0.2) is 28.6 Å². The zero-order chi connectivity index (χ0) is 17.1. The number of carbonyl (C=O) groups excluding carboxylic acids is 2. The van der Waals surface area contributed by atoms with Crippen molar-refractivity contribution in [1.29, 1.82) is 0 Å². The van der Waals surface area contributed by atoms with E-state index in [9.17, 15) is 9.59 Å². The van der Waals surface area contributed by atoms with Crippen molar-refractivity contribution >= 4 is 34.0 Å². The van der Waals surface area contributed by atoms with Gasteiger partial charge in [-0.3, -0.25) is 9.59 Å². The van der Waals surface area contributed by atoms with Crippen LogP contribution < -0.4 is 10.2 Å². The number of para-hydroxylation sites is 1. The highest BCUT2D eigenvalue weighted by atomic mass is 32.1. The maximum Gasteiger partial charge on any atom is 0.231 e. The molecule has 0 spiro atoms. The predicted octanol–water partition coefficient (Wildman–Crippen LogP) is 2.73. The molecule has 1 saturated heterocycles. The molecule has 7 heteroatoms. The SMILES string of the molecule is CC(C)Cc1nnc(NC(=O)[C@H]2CC(=O)N(c3ccccc3)C2)s1. The van der Waals surface area contributed by atoms with E-state index in [1.165, 1.54) is 11.3 Å². The monoisotopic (exact) mass is 344 g/mol. The van der Waals surface area contributed by atoms with Crippen LogP contribution in [0.4, 0.5) is 10.8 Å². The van der Waals surface area contributed by atoms with Crippen LogP contribution >= 0.6 is 11.3 Å². The highest BCUT2D eigenvalue weighted by Gasteiger charge is 2.35. The Balaban J connectivity index is 1.62. The van der Waals surface area contributed by atoms with Gasteiger partial charge in [-0.2, -0.15) is 0 Å². The zero-order valence-electron chi connectivity index (χ0n) is 13.7. The van der Waals surface area contributed by atoms with Gasteiger partial charge in [0.2, 0.25) is 16.9 Å². The van der Waals surface area contributed by atoms with Gasteiger partial charge in [0.1, 0.15) is 5.01 Å². The molecule has 1 N–H and O–H groups in total. The van der Waals surface area contributed by atoms with Gasteiger partial charge in [0.25, 0.3) is 0 Å². The van der Waals surface area contributed by atoms with E-state index < -0.39 is 0 Å². The Hall–Kier alpha value is -2.28. The number of carbonyl (C=O) groups is 2. The zero-order valence-corrected chi connectivity index (χ0v) is 14.5. The van der Waals surface area contributed by atoms with Gasteiger partial charge in [0.15, 0.2) is 0 Å². The molecule has 6 nitrogen and oxygen atoms in total. The molecule has 0 saturated carbocycles. The van der Waals surface area contributed by atoms with Crippen molar-refractivity contribution < 1.29 is 9.59 Å². The molecular formula is C17H20N4O2S. The molecule has 2 heterocycles. The van der Waals surface area contributed by atoms with Gasteiger partial charge >= 0.3 is 0 Å². The molecule has 2 aromatic rings. The Morgan fingerprint density at radius 1 is 1.33 bits per heavy atom. The van der Waals surface area contributed by atoms with Gasteiger partial charge in [-0.05, 0) is 18.1 Å². The van der Waals surface area contributed by atoms with E-state index in [1.807, 2.05) is 30.3 Å². The number of nitrogens with one attached hydrogen (secondary N) is 1. The molecule has 2 amide bonds. The Bertz CT molecular complexity index is 729. The van der Waals surface area contributed by atoms with Crippen LogP contribution in [0.3, 0.4) is 0 Å². The smallest absolute Gasteiger partial charge is 0.231 e. The van der Waals surface area contributed by atoms with Gasteiger partial charge in [-0.25, -0.2) is 0 Å². The first kappa shape index (κ1) is 16.6. The summed E-state index contributed by atoms with van der Waals surface area (Å²) < 4.78 is 0. The van der Waals surface area contributed by atoms with E-state index in [4.69, 9.17) is 0 Å². The first-order chi connectivity index (χ1) is 11.5. The van der Waals surface area contributed by atoms with Crippen LogP contribution in [0.1, 0.15) is 25.3 Å². The molecule has 0 aliphatic carbocycles. The van der Waals surface area contributed by atoms with Crippen molar-refractivity contribution in [3.8, 4) is 0 Å². The van der Waals surface area contributed by atoms with Crippen molar-refractivity contribution in [3.05, 3.63) is 35.3 Å². The first-order valence-corrected chi connectivity index (χ1v) is 8.83. The lowest BCUT2D eigenvalue weighted by atomic mass is 10.1. The van der Waals surface area contributed by atoms with Gasteiger partial charge in [-0.15, -0.1) is 10.2 Å². The topological polar surface area (TPSA) is 75.2 Å². The number of anilines is 2. The fourth-order valence-electron chi connectivity index (χ4n) is 2.68. The number of rotatable bonds is 5. The normalized spacial score (nSPS) is 17.5.